The predicted octanol–water partition coefficient (Wildman–Crippen LogP) is -0.145. The van der Waals surface area contributed by atoms with Crippen LogP contribution in [0.5, 0.6) is 5.75 Å². The van der Waals surface area contributed by atoms with Gasteiger partial charge in [-0.2, -0.15) is 0 Å². The number of aryl methyl sites for hydroxylation is 1. The van der Waals surface area contributed by atoms with Crippen LogP contribution in [0.3, 0.4) is 0 Å². The number of aliphatic hydroxyl groups excluding tert-OH is 2. The van der Waals surface area contributed by atoms with E-state index in [-0.39, 0.29) is 29.7 Å². The molecular formula is C22H25N3O7. The van der Waals surface area contributed by atoms with Crippen molar-refractivity contribution in [3.05, 3.63) is 39.7 Å². The number of fused-ring (bicyclic) bond motifs is 3. The third-order valence-corrected chi connectivity index (χ3v) is 6.97. The summed E-state index contributed by atoms with van der Waals surface area (Å²) in [6, 6.07) is 0.460. The van der Waals surface area contributed by atoms with Crippen molar-refractivity contribution in [1.82, 2.24) is 4.90 Å². The number of phenols is 1. The first-order valence-electron chi connectivity index (χ1n) is 10.1. The Balaban J connectivity index is 2.00. The molecule has 3 aliphatic carbocycles. The van der Waals surface area contributed by atoms with E-state index in [0.29, 0.717) is 11.1 Å². The number of aliphatic hydroxyl groups is 3. The van der Waals surface area contributed by atoms with Crippen LogP contribution in [0, 0.1) is 18.8 Å². The Bertz CT molecular complexity index is 1170. The van der Waals surface area contributed by atoms with Crippen LogP contribution in [0.4, 0.5) is 5.69 Å². The summed E-state index contributed by atoms with van der Waals surface area (Å²) in [4.78, 5) is 40.0. The Kier molecular flexibility index (Phi) is 4.65. The Labute approximate surface area is 183 Å². The molecule has 4 rings (SSSR count). The van der Waals surface area contributed by atoms with Crippen LogP contribution in [0.15, 0.2) is 23.0 Å². The molecule has 8 N–H and O–H groups in total. The van der Waals surface area contributed by atoms with Crippen molar-refractivity contribution in [1.29, 1.82) is 0 Å². The van der Waals surface area contributed by atoms with Gasteiger partial charge in [0.1, 0.15) is 22.8 Å². The first-order chi connectivity index (χ1) is 14.8. The zero-order valence-electron chi connectivity index (χ0n) is 17.8. The Morgan fingerprint density at radius 3 is 2.41 bits per heavy atom. The minimum atomic E-state index is -2.64. The number of nitrogens with two attached hydrogens (primary N) is 2. The van der Waals surface area contributed by atoms with Crippen LogP contribution >= 0.6 is 0 Å². The lowest BCUT2D eigenvalue weighted by Gasteiger charge is -2.50. The van der Waals surface area contributed by atoms with Crippen molar-refractivity contribution in [2.24, 2.45) is 17.6 Å². The van der Waals surface area contributed by atoms with E-state index < -0.39 is 63.8 Å². The number of likely N-dealkylation sites (N-methyl/N-ethyl adjacent to an activating group) is 1. The molecule has 0 unspecified atom stereocenters. The Morgan fingerprint density at radius 2 is 1.84 bits per heavy atom. The zero-order valence-corrected chi connectivity index (χ0v) is 17.8. The number of hydrogen-bond donors (Lipinski definition) is 6. The summed E-state index contributed by atoms with van der Waals surface area (Å²) in [6.07, 6.45) is 0.296. The first-order valence-corrected chi connectivity index (χ1v) is 10.1. The lowest BCUT2D eigenvalue weighted by molar-refractivity contribution is -0.153. The maximum atomic E-state index is 13.6. The summed E-state index contributed by atoms with van der Waals surface area (Å²) in [7, 11) is 3.11. The molecule has 0 heterocycles. The monoisotopic (exact) mass is 443 g/mol. The summed E-state index contributed by atoms with van der Waals surface area (Å²) >= 11 is 0. The third kappa shape index (κ3) is 2.56. The first kappa shape index (κ1) is 21.8. The number of amides is 1. The number of carbonyl (C=O) groups excluding carboxylic acids is 3. The molecule has 1 amide bonds. The van der Waals surface area contributed by atoms with Crippen molar-refractivity contribution in [2.75, 3.05) is 19.8 Å². The highest BCUT2D eigenvalue weighted by atomic mass is 16.3. The van der Waals surface area contributed by atoms with Gasteiger partial charge in [0.15, 0.2) is 11.4 Å². The van der Waals surface area contributed by atoms with Crippen molar-refractivity contribution in [3.8, 4) is 5.75 Å². The van der Waals surface area contributed by atoms with E-state index in [9.17, 15) is 34.8 Å². The number of primary amides is 1. The molecule has 1 aromatic carbocycles. The highest BCUT2D eigenvalue weighted by molar-refractivity contribution is 6.24. The van der Waals surface area contributed by atoms with E-state index in [0.717, 1.165) is 0 Å². The standard InChI is InChI=1S/C22H25N3O7/c1-7-4-11(23)16(26)13-9(7)5-8-6-10-15(25(2)3)18(28)14(21(24)31)20(30)22(10,32)19(29)12(8)17(13)27/h4,8,10,15,26-27,30,32H,5-6,23H2,1-3H3,(H2,24,31)/t8-,10-,15-,22-/m0/s1. The van der Waals surface area contributed by atoms with Crippen molar-refractivity contribution in [2.45, 2.75) is 31.4 Å². The second kappa shape index (κ2) is 6.81. The summed E-state index contributed by atoms with van der Waals surface area (Å²) in [5, 5.41) is 43.7. The fourth-order valence-corrected chi connectivity index (χ4v) is 5.52. The average Bonchev–Trinajstić information content (AvgIpc) is 2.68. The van der Waals surface area contributed by atoms with Gasteiger partial charge in [0.2, 0.25) is 5.78 Å². The number of phenolic OH excluding ortho intramolecular Hbond substituents is 1. The van der Waals surface area contributed by atoms with Gasteiger partial charge in [-0.05, 0) is 57.0 Å². The van der Waals surface area contributed by atoms with E-state index in [1.54, 1.807) is 27.1 Å². The quantitative estimate of drug-likeness (QED) is 0.205. The summed E-state index contributed by atoms with van der Waals surface area (Å²) in [5.41, 5.74) is 8.75. The average molecular weight is 443 g/mol. The molecule has 170 valence electrons. The molecule has 1 aromatic rings. The number of hydrogen-bond acceptors (Lipinski definition) is 9. The minimum absolute atomic E-state index is 0.00112. The molecule has 1 saturated carbocycles. The summed E-state index contributed by atoms with van der Waals surface area (Å²) < 4.78 is 0. The SMILES string of the molecule is Cc1cc(N)c(O)c2c1C[C@H]1C[C@H]3[C@H](N(C)C)C(=O)C(C(N)=O)=C(O)[C@@]3(O)C(=O)C1=C2O. The van der Waals surface area contributed by atoms with Gasteiger partial charge in [0.05, 0.1) is 17.3 Å². The second-order valence-electron chi connectivity index (χ2n) is 8.95. The van der Waals surface area contributed by atoms with Gasteiger partial charge in [-0.15, -0.1) is 0 Å². The van der Waals surface area contributed by atoms with Crippen LogP contribution in [-0.4, -0.2) is 68.5 Å². The minimum Gasteiger partial charge on any atom is -0.508 e. The number of benzene rings is 1. The zero-order chi connectivity index (χ0) is 23.9. The number of carbonyl (C=O) groups is 3. The number of aromatic hydroxyl groups is 1. The smallest absolute Gasteiger partial charge is 0.255 e. The van der Waals surface area contributed by atoms with E-state index in [4.69, 9.17) is 11.5 Å². The maximum absolute atomic E-state index is 13.6. The third-order valence-electron chi connectivity index (χ3n) is 6.97. The van der Waals surface area contributed by atoms with Crippen LogP contribution < -0.4 is 11.5 Å². The number of nitrogens with zero attached hydrogens (tertiary/aromatic N) is 1. The van der Waals surface area contributed by atoms with E-state index >= 15 is 0 Å². The number of nitrogen functional groups attached to an aromatic ring is 1. The number of anilines is 1. The lowest BCUT2D eigenvalue weighted by Crippen LogP contribution is -2.65. The predicted molar refractivity (Wildman–Crippen MR) is 113 cm³/mol. The van der Waals surface area contributed by atoms with Gasteiger partial charge in [0, 0.05) is 11.5 Å². The molecule has 1 fully saturated rings. The van der Waals surface area contributed by atoms with Gasteiger partial charge in [-0.3, -0.25) is 19.3 Å². The maximum Gasteiger partial charge on any atom is 0.255 e. The van der Waals surface area contributed by atoms with E-state index in [1.807, 2.05) is 0 Å². The lowest BCUT2D eigenvalue weighted by atomic mass is 9.57. The fourth-order valence-electron chi connectivity index (χ4n) is 5.52. The Morgan fingerprint density at radius 1 is 1.22 bits per heavy atom. The van der Waals surface area contributed by atoms with Gasteiger partial charge < -0.3 is 31.9 Å². The molecule has 4 atom stereocenters. The van der Waals surface area contributed by atoms with Crippen LogP contribution in [0.25, 0.3) is 5.76 Å². The van der Waals surface area contributed by atoms with Crippen molar-refractivity contribution < 1.29 is 34.8 Å². The largest absolute Gasteiger partial charge is 0.508 e. The van der Waals surface area contributed by atoms with Crippen molar-refractivity contribution >= 4 is 28.9 Å². The topological polar surface area (TPSA) is 187 Å². The normalized spacial score (nSPS) is 29.7. The molecule has 10 nitrogen and oxygen atoms in total. The molecule has 10 heteroatoms. The highest BCUT2D eigenvalue weighted by Crippen LogP contribution is 2.53. The van der Waals surface area contributed by atoms with E-state index in [1.165, 1.54) is 4.90 Å². The van der Waals surface area contributed by atoms with Crippen LogP contribution in [0.2, 0.25) is 0 Å². The highest BCUT2D eigenvalue weighted by Gasteiger charge is 2.64. The molecule has 0 aliphatic heterocycles. The number of rotatable bonds is 2. The van der Waals surface area contributed by atoms with Gasteiger partial charge in [-0.25, -0.2) is 0 Å². The van der Waals surface area contributed by atoms with Crippen molar-refractivity contribution in [3.63, 3.8) is 0 Å². The Hall–Kier alpha value is -3.37. The van der Waals surface area contributed by atoms with Gasteiger partial charge >= 0.3 is 0 Å². The summed E-state index contributed by atoms with van der Waals surface area (Å²) in [5.74, 6) is -6.83. The summed E-state index contributed by atoms with van der Waals surface area (Å²) in [6.45, 7) is 1.76. The van der Waals surface area contributed by atoms with Gasteiger partial charge in [0.25, 0.3) is 5.91 Å². The molecule has 0 bridgehead atoms. The molecule has 3 aliphatic rings. The van der Waals surface area contributed by atoms with Crippen LogP contribution in [0.1, 0.15) is 23.1 Å². The molecule has 0 radical (unpaired) electrons. The molecular weight excluding hydrogens is 418 g/mol. The van der Waals surface area contributed by atoms with Crippen LogP contribution in [-0.2, 0) is 20.8 Å². The molecule has 0 saturated heterocycles. The number of ketones is 2. The molecule has 0 aromatic heterocycles. The number of Topliss-reactive ketones (excluding diaryl/α,β-unsaturated/α-hetero) is 2. The van der Waals surface area contributed by atoms with Gasteiger partial charge in [-0.1, -0.05) is 0 Å². The molecule has 0 spiro atoms. The second-order valence-corrected chi connectivity index (χ2v) is 8.95. The van der Waals surface area contributed by atoms with E-state index in [2.05, 4.69) is 0 Å². The molecule has 32 heavy (non-hydrogen) atoms. The fraction of sp³-hybridized carbons (Fsp3) is 0.409.